The molecule has 0 aliphatic carbocycles. The van der Waals surface area contributed by atoms with Gasteiger partial charge in [-0.05, 0) is 24.1 Å². The van der Waals surface area contributed by atoms with Gasteiger partial charge in [-0.1, -0.05) is 55.5 Å². The molecule has 5 nitrogen and oxygen atoms in total. The lowest BCUT2D eigenvalue weighted by atomic mass is 9.83. The zero-order valence-electron chi connectivity index (χ0n) is 14.4. The van der Waals surface area contributed by atoms with Gasteiger partial charge in [-0.15, -0.1) is 0 Å². The van der Waals surface area contributed by atoms with E-state index in [0.717, 1.165) is 28.9 Å². The minimum atomic E-state index is -0.280. The van der Waals surface area contributed by atoms with Crippen LogP contribution in [0.2, 0.25) is 0 Å². The van der Waals surface area contributed by atoms with Crippen LogP contribution in [-0.2, 0) is 6.42 Å². The second-order valence-electron chi connectivity index (χ2n) is 6.10. The van der Waals surface area contributed by atoms with Crippen LogP contribution in [0.25, 0.3) is 5.69 Å². The fourth-order valence-corrected chi connectivity index (χ4v) is 3.40. The Morgan fingerprint density at radius 2 is 1.77 bits per heavy atom. The van der Waals surface area contributed by atoms with E-state index in [4.69, 9.17) is 15.6 Å². The maximum atomic E-state index is 9.71. The first kappa shape index (κ1) is 16.0. The third-order valence-corrected chi connectivity index (χ3v) is 4.59. The van der Waals surface area contributed by atoms with Crippen LogP contribution in [0.1, 0.15) is 29.7 Å². The molecule has 2 aromatic carbocycles. The van der Waals surface area contributed by atoms with Crippen molar-refractivity contribution in [2.75, 3.05) is 0 Å². The zero-order valence-corrected chi connectivity index (χ0v) is 14.4. The normalized spacial score (nSPS) is 15.9. The molecule has 0 spiro atoms. The Morgan fingerprint density at radius 3 is 2.38 bits per heavy atom. The van der Waals surface area contributed by atoms with E-state index in [-0.39, 0.29) is 11.8 Å². The van der Waals surface area contributed by atoms with Crippen molar-refractivity contribution >= 4 is 0 Å². The molecule has 1 aliphatic heterocycles. The average molecular weight is 342 g/mol. The van der Waals surface area contributed by atoms with Gasteiger partial charge in [0.25, 0.3) is 0 Å². The molecule has 128 valence electrons. The van der Waals surface area contributed by atoms with Gasteiger partial charge in [0.2, 0.25) is 11.8 Å². The highest BCUT2D eigenvalue weighted by atomic mass is 16.5. The second-order valence-corrected chi connectivity index (χ2v) is 6.10. The lowest BCUT2D eigenvalue weighted by Crippen LogP contribution is -2.22. The molecule has 5 heteroatoms. The molecule has 3 aromatic rings. The maximum absolute atomic E-state index is 9.71. The van der Waals surface area contributed by atoms with Gasteiger partial charge in [0.1, 0.15) is 11.6 Å². The predicted octanol–water partition coefficient (Wildman–Crippen LogP) is 3.65. The molecule has 0 radical (unpaired) electrons. The van der Waals surface area contributed by atoms with Crippen molar-refractivity contribution in [1.29, 1.82) is 5.26 Å². The molecule has 0 amide bonds. The van der Waals surface area contributed by atoms with Crippen LogP contribution in [0.3, 0.4) is 0 Å². The number of ether oxygens (including phenoxy) is 1. The first-order valence-corrected chi connectivity index (χ1v) is 8.54. The molecule has 0 fully saturated rings. The summed E-state index contributed by atoms with van der Waals surface area (Å²) in [5.74, 6) is 0.435. The molecular formula is C21H18N4O. The molecule has 0 saturated heterocycles. The van der Waals surface area contributed by atoms with Crippen LogP contribution in [0, 0.1) is 11.3 Å². The van der Waals surface area contributed by atoms with Crippen molar-refractivity contribution < 1.29 is 4.74 Å². The van der Waals surface area contributed by atoms with Crippen molar-refractivity contribution in [2.45, 2.75) is 19.3 Å². The molecular weight excluding hydrogens is 324 g/mol. The Balaban J connectivity index is 1.99. The lowest BCUT2D eigenvalue weighted by Gasteiger charge is -2.25. The SMILES string of the molecule is CCc1nn(-c2ccccc2)c2c1[C@H](c1ccccc1)C(C#N)=C(N)O2. The van der Waals surface area contributed by atoms with Crippen molar-refractivity contribution in [3.63, 3.8) is 0 Å². The summed E-state index contributed by atoms with van der Waals surface area (Å²) in [4.78, 5) is 0. The van der Waals surface area contributed by atoms with Crippen LogP contribution < -0.4 is 10.5 Å². The maximum Gasteiger partial charge on any atom is 0.229 e. The Morgan fingerprint density at radius 1 is 1.12 bits per heavy atom. The van der Waals surface area contributed by atoms with Crippen LogP contribution in [0.5, 0.6) is 5.88 Å². The number of aryl methyl sites for hydroxylation is 1. The molecule has 1 aromatic heterocycles. The molecule has 2 N–H and O–H groups in total. The number of aromatic nitrogens is 2. The summed E-state index contributed by atoms with van der Waals surface area (Å²) in [6.45, 7) is 2.05. The van der Waals surface area contributed by atoms with E-state index < -0.39 is 0 Å². The van der Waals surface area contributed by atoms with E-state index in [2.05, 4.69) is 6.07 Å². The number of fused-ring (bicyclic) bond motifs is 1. The monoisotopic (exact) mass is 342 g/mol. The summed E-state index contributed by atoms with van der Waals surface area (Å²) < 4.78 is 7.66. The third kappa shape index (κ3) is 2.44. The number of allylic oxidation sites excluding steroid dienone is 1. The molecule has 4 rings (SSSR count). The van der Waals surface area contributed by atoms with Crippen molar-refractivity contribution in [1.82, 2.24) is 9.78 Å². The fourth-order valence-electron chi connectivity index (χ4n) is 3.40. The number of nitrogens with two attached hydrogens (primary N) is 1. The summed E-state index contributed by atoms with van der Waals surface area (Å²) in [6, 6.07) is 21.9. The zero-order chi connectivity index (χ0) is 18.1. The number of benzene rings is 2. The second kappa shape index (κ2) is 6.41. The van der Waals surface area contributed by atoms with Gasteiger partial charge in [0.15, 0.2) is 0 Å². The topological polar surface area (TPSA) is 76.9 Å². The highest BCUT2D eigenvalue weighted by Crippen LogP contribution is 2.44. The van der Waals surface area contributed by atoms with Crippen molar-refractivity contribution in [3.05, 3.63) is 88.9 Å². The van der Waals surface area contributed by atoms with Gasteiger partial charge >= 0.3 is 0 Å². The molecule has 0 unspecified atom stereocenters. The van der Waals surface area contributed by atoms with Crippen LogP contribution in [-0.4, -0.2) is 9.78 Å². The first-order chi connectivity index (χ1) is 12.7. The summed E-state index contributed by atoms with van der Waals surface area (Å²) in [6.07, 6.45) is 0.730. The summed E-state index contributed by atoms with van der Waals surface area (Å²) in [5.41, 5.74) is 10.2. The van der Waals surface area contributed by atoms with Gasteiger partial charge in [-0.2, -0.15) is 10.4 Å². The largest absolute Gasteiger partial charge is 0.422 e. The van der Waals surface area contributed by atoms with Crippen LogP contribution in [0.4, 0.5) is 0 Å². The van der Waals surface area contributed by atoms with E-state index in [9.17, 15) is 5.26 Å². The Kier molecular flexibility index (Phi) is 3.94. The van der Waals surface area contributed by atoms with Crippen molar-refractivity contribution in [2.24, 2.45) is 5.73 Å². The Bertz CT molecular complexity index is 1010. The quantitative estimate of drug-likeness (QED) is 0.788. The fraction of sp³-hybridized carbons (Fsp3) is 0.143. The highest BCUT2D eigenvalue weighted by molar-refractivity contribution is 5.57. The predicted molar refractivity (Wildman–Crippen MR) is 98.7 cm³/mol. The Hall–Kier alpha value is -3.52. The molecule has 0 saturated carbocycles. The van der Waals surface area contributed by atoms with Crippen LogP contribution in [0.15, 0.2) is 72.1 Å². The van der Waals surface area contributed by atoms with Gasteiger partial charge in [0, 0.05) is 0 Å². The van der Waals surface area contributed by atoms with E-state index in [1.165, 1.54) is 0 Å². The molecule has 26 heavy (non-hydrogen) atoms. The summed E-state index contributed by atoms with van der Waals surface area (Å²) in [7, 11) is 0. The minimum absolute atomic E-state index is 0.133. The average Bonchev–Trinajstić information content (AvgIpc) is 3.06. The number of para-hydroxylation sites is 1. The number of hydrogen-bond acceptors (Lipinski definition) is 4. The van der Waals surface area contributed by atoms with Gasteiger partial charge in [0.05, 0.1) is 22.9 Å². The number of hydrogen-bond donors (Lipinski definition) is 1. The third-order valence-electron chi connectivity index (χ3n) is 4.59. The summed E-state index contributed by atoms with van der Waals surface area (Å²) >= 11 is 0. The van der Waals surface area contributed by atoms with E-state index in [1.54, 1.807) is 4.68 Å². The number of rotatable bonds is 3. The summed E-state index contributed by atoms with van der Waals surface area (Å²) in [5, 5.41) is 14.5. The Labute approximate surface area is 151 Å². The van der Waals surface area contributed by atoms with Gasteiger partial charge in [-0.3, -0.25) is 0 Å². The standard InChI is InChI=1S/C21H18N4O/c1-2-17-19-18(14-9-5-3-6-10-14)16(13-22)20(23)26-21(19)25(24-17)15-11-7-4-8-12-15/h3-12,18H,2,23H2,1H3/t18-/m1/s1. The van der Waals surface area contributed by atoms with Gasteiger partial charge < -0.3 is 10.5 Å². The number of nitriles is 1. The highest BCUT2D eigenvalue weighted by Gasteiger charge is 2.36. The molecule has 1 atom stereocenters. The van der Waals surface area contributed by atoms with Gasteiger partial charge in [-0.25, -0.2) is 4.68 Å². The van der Waals surface area contributed by atoms with Crippen LogP contribution >= 0.6 is 0 Å². The van der Waals surface area contributed by atoms with E-state index in [0.29, 0.717) is 11.5 Å². The van der Waals surface area contributed by atoms with Crippen molar-refractivity contribution in [3.8, 4) is 17.6 Å². The van der Waals surface area contributed by atoms with E-state index >= 15 is 0 Å². The number of nitrogens with zero attached hydrogens (tertiary/aromatic N) is 3. The molecule has 2 heterocycles. The lowest BCUT2D eigenvalue weighted by molar-refractivity contribution is 0.367. The van der Waals surface area contributed by atoms with E-state index in [1.807, 2.05) is 67.6 Å². The molecule has 1 aliphatic rings. The molecule has 0 bridgehead atoms. The minimum Gasteiger partial charge on any atom is -0.422 e. The first-order valence-electron chi connectivity index (χ1n) is 8.54. The smallest absolute Gasteiger partial charge is 0.229 e.